The van der Waals surface area contributed by atoms with Crippen molar-refractivity contribution in [2.75, 3.05) is 13.2 Å². The number of benzene rings is 3. The Morgan fingerprint density at radius 3 is 2.65 bits per heavy atom. The summed E-state index contributed by atoms with van der Waals surface area (Å²) >= 11 is 0. The van der Waals surface area contributed by atoms with Crippen LogP contribution >= 0.6 is 0 Å². The van der Waals surface area contributed by atoms with Crippen molar-refractivity contribution in [2.45, 2.75) is 32.3 Å². The van der Waals surface area contributed by atoms with E-state index in [2.05, 4.69) is 5.16 Å². The fourth-order valence-corrected chi connectivity index (χ4v) is 4.68. The Kier molecular flexibility index (Phi) is 7.79. The van der Waals surface area contributed by atoms with Crippen LogP contribution in [0.4, 0.5) is 4.39 Å². The smallest absolute Gasteiger partial charge is 0.332 e. The molecule has 0 bridgehead atoms. The molecule has 0 spiro atoms. The van der Waals surface area contributed by atoms with Gasteiger partial charge in [-0.2, -0.15) is 0 Å². The molecule has 1 heterocycles. The number of oxime groups is 1. The summed E-state index contributed by atoms with van der Waals surface area (Å²) in [6.45, 7) is 3.44. The summed E-state index contributed by atoms with van der Waals surface area (Å²) in [7, 11) is 0. The highest BCUT2D eigenvalue weighted by atomic mass is 19.1. The number of rotatable bonds is 8. The van der Waals surface area contributed by atoms with Crippen molar-refractivity contribution in [3.05, 3.63) is 111 Å². The van der Waals surface area contributed by atoms with Crippen molar-refractivity contribution in [1.82, 2.24) is 0 Å². The highest BCUT2D eigenvalue weighted by Crippen LogP contribution is 2.28. The Morgan fingerprint density at radius 2 is 1.95 bits per heavy atom. The van der Waals surface area contributed by atoms with Gasteiger partial charge in [0.1, 0.15) is 18.2 Å². The summed E-state index contributed by atoms with van der Waals surface area (Å²) in [5, 5.41) is 25.4. The highest BCUT2D eigenvalue weighted by Gasteiger charge is 2.34. The van der Waals surface area contributed by atoms with E-state index >= 15 is 0 Å². The van der Waals surface area contributed by atoms with Crippen LogP contribution in [-0.2, 0) is 25.5 Å². The predicted octanol–water partition coefficient (Wildman–Crippen LogP) is 3.23. The largest absolute Gasteiger partial charge is 0.478 e. The summed E-state index contributed by atoms with van der Waals surface area (Å²) < 4.78 is 30.5. The number of aliphatic hydroxyl groups is 1. The van der Waals surface area contributed by atoms with Crippen LogP contribution in [0.15, 0.2) is 83.0 Å². The van der Waals surface area contributed by atoms with Crippen molar-refractivity contribution >= 4 is 24.0 Å². The van der Waals surface area contributed by atoms with Gasteiger partial charge in [-0.15, -0.1) is 0 Å². The molecule has 0 radical (unpaired) electrons. The lowest BCUT2D eigenvalue weighted by Gasteiger charge is -2.21. The standard InChI is InChI=1S/C31H28FNO7/c1-31(2)38-18-28(39-31)40-33-15-19-4-3-5-24(13-19)37-17-20-6-11-25-22(12-20)14-26(30(35)36)27(16-34)29(25)21-7-9-23(32)10-8-21/h3-13,15,17,28,34H,14,16,18H2,1-2H3,(H,35,36)/t28-/m0/s1. The van der Waals surface area contributed by atoms with Crippen LogP contribution < -0.4 is 15.2 Å². The molecule has 206 valence electrons. The van der Waals surface area contributed by atoms with Crippen LogP contribution in [-0.4, -0.2) is 47.7 Å². The molecule has 1 aliphatic heterocycles. The van der Waals surface area contributed by atoms with E-state index in [4.69, 9.17) is 19.0 Å². The molecule has 3 aromatic carbocycles. The van der Waals surface area contributed by atoms with E-state index in [0.717, 1.165) is 21.6 Å². The van der Waals surface area contributed by atoms with Gasteiger partial charge in [-0.05, 0) is 77.2 Å². The number of hydrogen-bond donors (Lipinski definition) is 2. The molecule has 5 rings (SSSR count). The first-order chi connectivity index (χ1) is 19.2. The third-order valence-electron chi connectivity index (χ3n) is 6.53. The van der Waals surface area contributed by atoms with E-state index in [1.807, 2.05) is 30.3 Å². The first-order valence-electron chi connectivity index (χ1n) is 12.7. The van der Waals surface area contributed by atoms with Gasteiger partial charge in [0.15, 0.2) is 5.79 Å². The maximum Gasteiger partial charge on any atom is 0.332 e. The number of aliphatic carboxylic acids is 1. The Hall–Kier alpha value is -4.31. The Bertz CT molecular complexity index is 1610. The molecule has 1 fully saturated rings. The third kappa shape index (κ3) is 6.12. The lowest BCUT2D eigenvalue weighted by Crippen LogP contribution is -2.27. The quantitative estimate of drug-likeness (QED) is 0.331. The molecule has 0 amide bonds. The molecule has 40 heavy (non-hydrogen) atoms. The average Bonchev–Trinajstić information content (AvgIpc) is 3.29. The van der Waals surface area contributed by atoms with Gasteiger partial charge < -0.3 is 29.3 Å². The normalized spacial score (nSPS) is 18.8. The molecule has 0 saturated carbocycles. The molecule has 2 N–H and O–H groups in total. The summed E-state index contributed by atoms with van der Waals surface area (Å²) in [6.07, 6.45) is 2.67. The first kappa shape index (κ1) is 27.3. The molecule has 0 aromatic heterocycles. The zero-order valence-corrected chi connectivity index (χ0v) is 22.0. The minimum Gasteiger partial charge on any atom is -0.478 e. The number of carbonyl (C=O) groups is 1. The molecule has 8 nitrogen and oxygen atoms in total. The molecule has 1 saturated heterocycles. The van der Waals surface area contributed by atoms with Crippen molar-refractivity contribution in [3.63, 3.8) is 0 Å². The number of halogens is 1. The van der Waals surface area contributed by atoms with Gasteiger partial charge in [0.05, 0.1) is 19.1 Å². The van der Waals surface area contributed by atoms with Crippen LogP contribution in [0.1, 0.15) is 30.5 Å². The first-order valence-corrected chi connectivity index (χ1v) is 12.7. The van der Waals surface area contributed by atoms with Crippen LogP contribution in [0.2, 0.25) is 0 Å². The molecule has 2 aliphatic rings. The lowest BCUT2D eigenvalue weighted by molar-refractivity contribution is -0.190. The van der Waals surface area contributed by atoms with Crippen molar-refractivity contribution in [2.24, 2.45) is 5.16 Å². The van der Waals surface area contributed by atoms with Crippen LogP contribution in [0.5, 0.6) is 5.75 Å². The van der Waals surface area contributed by atoms with Gasteiger partial charge >= 0.3 is 5.97 Å². The third-order valence-corrected chi connectivity index (χ3v) is 6.53. The zero-order chi connectivity index (χ0) is 28.3. The summed E-state index contributed by atoms with van der Waals surface area (Å²) in [5.74, 6) is -1.65. The number of carboxylic acid groups (broad SMARTS) is 1. The van der Waals surface area contributed by atoms with Crippen LogP contribution in [0.25, 0.3) is 11.8 Å². The summed E-state index contributed by atoms with van der Waals surface area (Å²) in [5.41, 5.74) is 3.11. The van der Waals surface area contributed by atoms with Crippen molar-refractivity contribution < 1.29 is 38.4 Å². The van der Waals surface area contributed by atoms with Crippen molar-refractivity contribution in [1.29, 1.82) is 0 Å². The zero-order valence-electron chi connectivity index (χ0n) is 22.0. The second-order valence-electron chi connectivity index (χ2n) is 9.80. The van der Waals surface area contributed by atoms with Crippen LogP contribution in [0, 0.1) is 5.82 Å². The molecule has 9 heteroatoms. The molecule has 1 aliphatic carbocycles. The molecule has 0 unspecified atom stereocenters. The monoisotopic (exact) mass is 545 g/mol. The summed E-state index contributed by atoms with van der Waals surface area (Å²) in [4.78, 5) is 17.4. The number of carboxylic acids is 1. The van der Waals surface area contributed by atoms with E-state index in [1.165, 1.54) is 12.1 Å². The summed E-state index contributed by atoms with van der Waals surface area (Å²) in [6, 6.07) is 18.6. The van der Waals surface area contributed by atoms with Gasteiger partial charge in [0, 0.05) is 17.2 Å². The second kappa shape index (κ2) is 11.4. The van der Waals surface area contributed by atoms with E-state index < -0.39 is 30.5 Å². The minimum atomic E-state index is -1.11. The fraction of sp³-hybridized carbons (Fsp3) is 0.226. The Morgan fingerprint density at radius 1 is 1.15 bits per heavy atom. The Labute approximate surface area is 229 Å². The van der Waals surface area contributed by atoms with Crippen LogP contribution in [0.3, 0.4) is 0 Å². The van der Waals surface area contributed by atoms with Gasteiger partial charge in [0.25, 0.3) is 6.29 Å². The fourth-order valence-electron chi connectivity index (χ4n) is 4.68. The van der Waals surface area contributed by atoms with Crippen molar-refractivity contribution in [3.8, 4) is 5.75 Å². The van der Waals surface area contributed by atoms with E-state index in [9.17, 15) is 19.4 Å². The predicted molar refractivity (Wildman–Crippen MR) is 145 cm³/mol. The number of fused-ring (bicyclic) bond motifs is 1. The Balaban J connectivity index is 1.40. The van der Waals surface area contributed by atoms with Gasteiger partial charge in [-0.25, -0.2) is 9.18 Å². The molecule has 3 aromatic rings. The van der Waals surface area contributed by atoms with E-state index in [0.29, 0.717) is 22.5 Å². The van der Waals surface area contributed by atoms with Gasteiger partial charge in [0.2, 0.25) is 0 Å². The molecule has 1 atom stereocenters. The maximum absolute atomic E-state index is 13.6. The average molecular weight is 546 g/mol. The minimum absolute atomic E-state index is 0.0970. The maximum atomic E-state index is 13.6. The topological polar surface area (TPSA) is 107 Å². The SMILES string of the molecule is CC1(C)OC[C@H](ON=Cc2cccc(OC=c3ccc4c(c3)CC(C(=O)O)=C(CO)C=4c3ccc(F)cc3)c2)O1. The highest BCUT2D eigenvalue weighted by molar-refractivity contribution is 5.96. The van der Waals surface area contributed by atoms with E-state index in [1.54, 1.807) is 50.6 Å². The molecular formula is C31H28FNO7. The van der Waals surface area contributed by atoms with Gasteiger partial charge in [-0.1, -0.05) is 41.6 Å². The molecular weight excluding hydrogens is 517 g/mol. The lowest BCUT2D eigenvalue weighted by atomic mass is 9.83. The van der Waals surface area contributed by atoms with E-state index in [-0.39, 0.29) is 18.6 Å². The number of nitrogens with zero attached hydrogens (tertiary/aromatic N) is 1. The second-order valence-corrected chi connectivity index (χ2v) is 9.80. The number of ether oxygens (including phenoxy) is 3. The number of hydrogen-bond acceptors (Lipinski definition) is 7. The van der Waals surface area contributed by atoms with Gasteiger partial charge in [-0.3, -0.25) is 0 Å². The number of aliphatic hydroxyl groups excluding tert-OH is 1.